The highest BCUT2D eigenvalue weighted by Crippen LogP contribution is 2.33. The van der Waals surface area contributed by atoms with Gasteiger partial charge in [0.15, 0.2) is 11.5 Å². The molecule has 4 rings (SSSR count). The highest BCUT2D eigenvalue weighted by atomic mass is 35.5. The molecule has 0 radical (unpaired) electrons. The highest BCUT2D eigenvalue weighted by molar-refractivity contribution is 7.92. The molecular weight excluding hydrogens is 475 g/mol. The predicted octanol–water partition coefficient (Wildman–Crippen LogP) is 4.23. The molecule has 0 aromatic heterocycles. The quantitative estimate of drug-likeness (QED) is 0.533. The molecule has 0 spiro atoms. The van der Waals surface area contributed by atoms with Gasteiger partial charge >= 0.3 is 0 Å². The summed E-state index contributed by atoms with van der Waals surface area (Å²) in [5.41, 5.74) is 0.933. The second kappa shape index (κ2) is 9.28. The number of rotatable bonds is 7. The largest absolute Gasteiger partial charge is 0.454 e. The summed E-state index contributed by atoms with van der Waals surface area (Å²) in [6.07, 6.45) is 0. The fourth-order valence-corrected chi connectivity index (χ4v) is 5.16. The zero-order valence-corrected chi connectivity index (χ0v) is 19.0. The monoisotopic (exact) mass is 492 g/mol. The number of hydrogen-bond acceptors (Lipinski definition) is 5. The molecule has 0 aliphatic carbocycles. The fourth-order valence-electron chi connectivity index (χ4n) is 3.14. The number of amides is 1. The third-order valence-electron chi connectivity index (χ3n) is 4.72. The zero-order valence-electron chi connectivity index (χ0n) is 16.6. The van der Waals surface area contributed by atoms with E-state index < -0.39 is 22.5 Å². The molecule has 1 aliphatic heterocycles. The Balaban J connectivity index is 1.57. The number of hydrogen-bond donors (Lipinski definition) is 1. The lowest BCUT2D eigenvalue weighted by Gasteiger charge is -2.25. The SMILES string of the molecule is O=C(CN(c1ccc(Cl)cc1Cl)S(=O)(=O)c1ccccc1)NCc1ccc2c(c1)OCO2. The van der Waals surface area contributed by atoms with Gasteiger partial charge in [0, 0.05) is 11.6 Å². The molecule has 0 bridgehead atoms. The third kappa shape index (κ3) is 4.77. The summed E-state index contributed by atoms with van der Waals surface area (Å²) < 4.78 is 38.2. The van der Waals surface area contributed by atoms with Crippen LogP contribution in [-0.4, -0.2) is 27.7 Å². The van der Waals surface area contributed by atoms with Crippen LogP contribution in [0.3, 0.4) is 0 Å². The van der Waals surface area contributed by atoms with Crippen LogP contribution < -0.4 is 19.1 Å². The molecule has 1 amide bonds. The van der Waals surface area contributed by atoms with Crippen LogP contribution in [0.15, 0.2) is 71.6 Å². The van der Waals surface area contributed by atoms with Gasteiger partial charge in [-0.2, -0.15) is 0 Å². The summed E-state index contributed by atoms with van der Waals surface area (Å²) in [5.74, 6) is 0.726. The van der Waals surface area contributed by atoms with Gasteiger partial charge in [0.25, 0.3) is 10.0 Å². The number of halogens is 2. The Morgan fingerprint density at radius 1 is 0.969 bits per heavy atom. The van der Waals surface area contributed by atoms with Gasteiger partial charge < -0.3 is 14.8 Å². The fraction of sp³-hybridized carbons (Fsp3) is 0.136. The van der Waals surface area contributed by atoms with Gasteiger partial charge in [-0.3, -0.25) is 9.10 Å². The van der Waals surface area contributed by atoms with E-state index in [-0.39, 0.29) is 28.9 Å². The topological polar surface area (TPSA) is 84.9 Å². The lowest BCUT2D eigenvalue weighted by molar-refractivity contribution is -0.119. The first-order valence-corrected chi connectivity index (χ1v) is 11.7. The molecule has 166 valence electrons. The number of carbonyl (C=O) groups is 1. The second-order valence-corrected chi connectivity index (χ2v) is 9.59. The van der Waals surface area contributed by atoms with E-state index in [1.54, 1.807) is 36.4 Å². The molecule has 0 unspecified atom stereocenters. The summed E-state index contributed by atoms with van der Waals surface area (Å²) in [5, 5.41) is 3.20. The molecule has 32 heavy (non-hydrogen) atoms. The predicted molar refractivity (Wildman–Crippen MR) is 122 cm³/mol. The average Bonchev–Trinajstić information content (AvgIpc) is 3.25. The van der Waals surface area contributed by atoms with Crippen molar-refractivity contribution < 1.29 is 22.7 Å². The van der Waals surface area contributed by atoms with E-state index in [9.17, 15) is 13.2 Å². The normalized spacial score (nSPS) is 12.4. The first-order chi connectivity index (χ1) is 15.3. The van der Waals surface area contributed by atoms with Crippen molar-refractivity contribution in [2.75, 3.05) is 17.6 Å². The van der Waals surface area contributed by atoms with E-state index >= 15 is 0 Å². The number of carbonyl (C=O) groups excluding carboxylic acids is 1. The Morgan fingerprint density at radius 3 is 2.47 bits per heavy atom. The minimum absolute atomic E-state index is 0.0367. The van der Waals surface area contributed by atoms with Gasteiger partial charge in [0.2, 0.25) is 12.7 Å². The number of sulfonamides is 1. The molecule has 10 heteroatoms. The average molecular weight is 493 g/mol. The van der Waals surface area contributed by atoms with E-state index in [0.717, 1.165) is 9.87 Å². The molecule has 0 fully saturated rings. The molecule has 0 saturated heterocycles. The van der Waals surface area contributed by atoms with Crippen LogP contribution in [0.2, 0.25) is 10.0 Å². The van der Waals surface area contributed by atoms with Crippen molar-refractivity contribution in [2.24, 2.45) is 0 Å². The summed E-state index contributed by atoms with van der Waals surface area (Å²) in [7, 11) is -4.07. The first-order valence-electron chi connectivity index (χ1n) is 9.52. The van der Waals surface area contributed by atoms with Gasteiger partial charge in [0.1, 0.15) is 6.54 Å². The van der Waals surface area contributed by atoms with Crippen molar-refractivity contribution in [1.29, 1.82) is 0 Å². The Bertz CT molecular complexity index is 1250. The van der Waals surface area contributed by atoms with Crippen LogP contribution in [0.4, 0.5) is 5.69 Å². The molecule has 3 aromatic rings. The molecule has 7 nitrogen and oxygen atoms in total. The Kier molecular flexibility index (Phi) is 6.45. The van der Waals surface area contributed by atoms with Gasteiger partial charge in [-0.05, 0) is 48.0 Å². The molecule has 3 aromatic carbocycles. The summed E-state index contributed by atoms with van der Waals surface area (Å²) >= 11 is 12.2. The third-order valence-corrected chi connectivity index (χ3v) is 7.04. The van der Waals surface area contributed by atoms with Crippen molar-refractivity contribution in [2.45, 2.75) is 11.4 Å². The molecule has 0 atom stereocenters. The van der Waals surface area contributed by atoms with Crippen LogP contribution in [0.25, 0.3) is 0 Å². The molecule has 1 heterocycles. The molecule has 0 saturated carbocycles. The van der Waals surface area contributed by atoms with Crippen LogP contribution in [0.1, 0.15) is 5.56 Å². The van der Waals surface area contributed by atoms with E-state index in [4.69, 9.17) is 32.7 Å². The summed E-state index contributed by atoms with van der Waals surface area (Å²) in [6, 6.07) is 17.5. The lowest BCUT2D eigenvalue weighted by Crippen LogP contribution is -2.40. The Hall–Kier alpha value is -2.94. The molecule has 1 aliphatic rings. The number of fused-ring (bicyclic) bond motifs is 1. The minimum atomic E-state index is -4.07. The van der Waals surface area contributed by atoms with Crippen molar-refractivity contribution in [3.05, 3.63) is 82.3 Å². The van der Waals surface area contributed by atoms with Crippen molar-refractivity contribution in [1.82, 2.24) is 5.32 Å². The van der Waals surface area contributed by atoms with Crippen molar-refractivity contribution in [3.63, 3.8) is 0 Å². The van der Waals surface area contributed by atoms with E-state index in [2.05, 4.69) is 5.32 Å². The molecule has 1 N–H and O–H groups in total. The van der Waals surface area contributed by atoms with Crippen LogP contribution in [0, 0.1) is 0 Å². The lowest BCUT2D eigenvalue weighted by atomic mass is 10.2. The second-order valence-electron chi connectivity index (χ2n) is 6.88. The van der Waals surface area contributed by atoms with Crippen LogP contribution in [0.5, 0.6) is 11.5 Å². The zero-order chi connectivity index (χ0) is 22.7. The van der Waals surface area contributed by atoms with Gasteiger partial charge in [-0.15, -0.1) is 0 Å². The van der Waals surface area contributed by atoms with Crippen molar-refractivity contribution >= 4 is 44.8 Å². The molecular formula is C22H18Cl2N2O5S. The smallest absolute Gasteiger partial charge is 0.264 e. The standard InChI is InChI=1S/C22H18Cl2N2O5S/c23-16-7-8-19(18(24)11-16)26(32(28,29)17-4-2-1-3-5-17)13-22(27)25-12-15-6-9-20-21(10-15)31-14-30-20/h1-11H,12-14H2,(H,25,27). The Labute approximate surface area is 195 Å². The van der Waals surface area contributed by atoms with E-state index in [1.807, 2.05) is 0 Å². The van der Waals surface area contributed by atoms with E-state index in [1.165, 1.54) is 30.3 Å². The minimum Gasteiger partial charge on any atom is -0.454 e. The number of anilines is 1. The summed E-state index contributed by atoms with van der Waals surface area (Å²) in [4.78, 5) is 12.8. The number of ether oxygens (including phenoxy) is 2. The maximum absolute atomic E-state index is 13.3. The highest BCUT2D eigenvalue weighted by Gasteiger charge is 2.28. The maximum atomic E-state index is 13.3. The summed E-state index contributed by atoms with van der Waals surface area (Å²) in [6.45, 7) is -0.133. The van der Waals surface area contributed by atoms with Gasteiger partial charge in [-0.1, -0.05) is 47.5 Å². The Morgan fingerprint density at radius 2 is 1.72 bits per heavy atom. The maximum Gasteiger partial charge on any atom is 0.264 e. The van der Waals surface area contributed by atoms with E-state index in [0.29, 0.717) is 16.5 Å². The van der Waals surface area contributed by atoms with Crippen LogP contribution in [-0.2, 0) is 21.4 Å². The number of benzene rings is 3. The first kappa shape index (κ1) is 22.3. The van der Waals surface area contributed by atoms with Crippen molar-refractivity contribution in [3.8, 4) is 11.5 Å². The van der Waals surface area contributed by atoms with Gasteiger partial charge in [-0.25, -0.2) is 8.42 Å². The van der Waals surface area contributed by atoms with Gasteiger partial charge in [0.05, 0.1) is 15.6 Å². The number of nitrogens with one attached hydrogen (secondary N) is 1. The number of nitrogens with zero attached hydrogens (tertiary/aromatic N) is 1. The van der Waals surface area contributed by atoms with Crippen LogP contribution >= 0.6 is 23.2 Å².